The molecule has 2 rings (SSSR count). The van der Waals surface area contributed by atoms with E-state index in [0.29, 0.717) is 24.3 Å². The maximum atomic E-state index is 13.7. The van der Waals surface area contributed by atoms with Gasteiger partial charge in [0.2, 0.25) is 0 Å². The van der Waals surface area contributed by atoms with Crippen molar-refractivity contribution in [3.05, 3.63) is 29.8 Å². The highest BCUT2D eigenvalue weighted by atomic mass is 35.5. The van der Waals surface area contributed by atoms with E-state index in [0.717, 1.165) is 0 Å². The van der Waals surface area contributed by atoms with Crippen molar-refractivity contribution in [2.45, 2.75) is 24.8 Å². The molecule has 2 nitrogen and oxygen atoms in total. The van der Waals surface area contributed by atoms with E-state index in [4.69, 9.17) is 4.74 Å². The maximum Gasteiger partial charge on any atom is 0.267 e. The van der Waals surface area contributed by atoms with Gasteiger partial charge in [0, 0.05) is 6.42 Å². The minimum absolute atomic E-state index is 0. The van der Waals surface area contributed by atoms with Crippen LogP contribution < -0.4 is 10.1 Å². The number of ether oxygens (including phenoxy) is 1. The van der Waals surface area contributed by atoms with Gasteiger partial charge < -0.3 is 10.1 Å². The molecule has 1 aliphatic rings. The standard InChI is InChI=1S/C12H15F2NO.ClH/c1-16-10-5-2-4-9(8-10)11-12(13,14)6-3-7-15-11;/h2,4-5,8,11,15H,3,6-7H2,1H3;1H. The van der Waals surface area contributed by atoms with Crippen LogP contribution in [0.15, 0.2) is 24.3 Å². The van der Waals surface area contributed by atoms with Crippen LogP contribution in [0.2, 0.25) is 0 Å². The lowest BCUT2D eigenvalue weighted by Crippen LogP contribution is -2.42. The Labute approximate surface area is 106 Å². The Morgan fingerprint density at radius 3 is 2.82 bits per heavy atom. The lowest BCUT2D eigenvalue weighted by Gasteiger charge is -2.32. The highest BCUT2D eigenvalue weighted by Gasteiger charge is 2.42. The molecule has 17 heavy (non-hydrogen) atoms. The van der Waals surface area contributed by atoms with Gasteiger partial charge in [-0.05, 0) is 30.7 Å². The van der Waals surface area contributed by atoms with E-state index in [-0.39, 0.29) is 18.8 Å². The average Bonchev–Trinajstić information content (AvgIpc) is 2.28. The molecule has 0 bridgehead atoms. The van der Waals surface area contributed by atoms with Crippen LogP contribution in [0.5, 0.6) is 5.75 Å². The van der Waals surface area contributed by atoms with E-state index in [1.165, 1.54) is 7.11 Å². The minimum Gasteiger partial charge on any atom is -0.497 e. The van der Waals surface area contributed by atoms with Crippen molar-refractivity contribution in [3.63, 3.8) is 0 Å². The van der Waals surface area contributed by atoms with E-state index in [1.807, 2.05) is 0 Å². The predicted octanol–water partition coefficient (Wildman–Crippen LogP) is 3.18. The van der Waals surface area contributed by atoms with Gasteiger partial charge in [-0.1, -0.05) is 12.1 Å². The molecule has 5 heteroatoms. The number of alkyl halides is 2. The molecule has 0 radical (unpaired) electrons. The van der Waals surface area contributed by atoms with Crippen LogP contribution >= 0.6 is 12.4 Å². The molecule has 1 aliphatic heterocycles. The zero-order valence-electron chi connectivity index (χ0n) is 9.58. The number of piperidine rings is 1. The van der Waals surface area contributed by atoms with Crippen molar-refractivity contribution in [2.75, 3.05) is 13.7 Å². The molecular weight excluding hydrogens is 248 g/mol. The molecule has 1 heterocycles. The van der Waals surface area contributed by atoms with Gasteiger partial charge in [-0.15, -0.1) is 12.4 Å². The van der Waals surface area contributed by atoms with Gasteiger partial charge in [0.25, 0.3) is 5.92 Å². The molecule has 0 spiro atoms. The Hall–Kier alpha value is -0.870. The monoisotopic (exact) mass is 263 g/mol. The first-order chi connectivity index (χ1) is 7.63. The third-order valence-electron chi connectivity index (χ3n) is 2.88. The van der Waals surface area contributed by atoms with Gasteiger partial charge in [-0.3, -0.25) is 0 Å². The summed E-state index contributed by atoms with van der Waals surface area (Å²) in [6.45, 7) is 0.636. The summed E-state index contributed by atoms with van der Waals surface area (Å²) in [7, 11) is 1.53. The molecule has 1 saturated heterocycles. The largest absolute Gasteiger partial charge is 0.497 e. The number of nitrogens with one attached hydrogen (secondary N) is 1. The van der Waals surface area contributed by atoms with Crippen molar-refractivity contribution < 1.29 is 13.5 Å². The van der Waals surface area contributed by atoms with E-state index < -0.39 is 12.0 Å². The van der Waals surface area contributed by atoms with E-state index in [2.05, 4.69) is 5.32 Å². The number of hydrogen-bond donors (Lipinski definition) is 1. The van der Waals surface area contributed by atoms with Crippen molar-refractivity contribution in [1.29, 1.82) is 0 Å². The second-order valence-corrected chi connectivity index (χ2v) is 4.03. The number of rotatable bonds is 2. The SMILES string of the molecule is COc1cccc(C2NCCCC2(F)F)c1.Cl. The molecule has 1 atom stereocenters. The molecule has 1 unspecified atom stereocenters. The molecule has 0 amide bonds. The fraction of sp³-hybridized carbons (Fsp3) is 0.500. The Balaban J connectivity index is 0.00000144. The smallest absolute Gasteiger partial charge is 0.267 e. The van der Waals surface area contributed by atoms with E-state index >= 15 is 0 Å². The first kappa shape index (κ1) is 14.2. The number of benzene rings is 1. The van der Waals surface area contributed by atoms with Gasteiger partial charge in [-0.2, -0.15) is 0 Å². The lowest BCUT2D eigenvalue weighted by molar-refractivity contribution is -0.0620. The summed E-state index contributed by atoms with van der Waals surface area (Å²) >= 11 is 0. The Morgan fingerprint density at radius 2 is 2.18 bits per heavy atom. The van der Waals surface area contributed by atoms with Crippen LogP contribution in [0.25, 0.3) is 0 Å². The van der Waals surface area contributed by atoms with Crippen molar-refractivity contribution >= 4 is 12.4 Å². The Kier molecular flexibility index (Phi) is 4.71. The summed E-state index contributed by atoms with van der Waals surface area (Å²) in [6, 6.07) is 5.97. The summed E-state index contributed by atoms with van der Waals surface area (Å²) in [5.74, 6) is -2.06. The first-order valence-electron chi connectivity index (χ1n) is 5.38. The highest BCUT2D eigenvalue weighted by molar-refractivity contribution is 5.85. The number of hydrogen-bond acceptors (Lipinski definition) is 2. The maximum absolute atomic E-state index is 13.7. The summed E-state index contributed by atoms with van der Waals surface area (Å²) in [5, 5.41) is 2.87. The van der Waals surface area contributed by atoms with Crippen molar-refractivity contribution in [3.8, 4) is 5.75 Å². The average molecular weight is 264 g/mol. The molecule has 0 aliphatic carbocycles. The zero-order chi connectivity index (χ0) is 11.6. The minimum atomic E-state index is -2.68. The van der Waals surface area contributed by atoms with E-state index in [1.54, 1.807) is 24.3 Å². The summed E-state index contributed by atoms with van der Waals surface area (Å²) in [6.07, 6.45) is 0.468. The second kappa shape index (κ2) is 5.65. The van der Waals surface area contributed by atoms with Gasteiger partial charge in [-0.25, -0.2) is 8.78 Å². The fourth-order valence-electron chi connectivity index (χ4n) is 2.05. The third kappa shape index (κ3) is 3.07. The fourth-order valence-corrected chi connectivity index (χ4v) is 2.05. The normalized spacial score (nSPS) is 22.6. The van der Waals surface area contributed by atoms with E-state index in [9.17, 15) is 8.78 Å². The Morgan fingerprint density at radius 1 is 1.41 bits per heavy atom. The number of halogens is 3. The summed E-state index contributed by atoms with van der Waals surface area (Å²) in [5.41, 5.74) is 0.587. The number of methoxy groups -OCH3 is 1. The lowest BCUT2D eigenvalue weighted by atomic mass is 9.93. The molecule has 1 fully saturated rings. The van der Waals surface area contributed by atoms with Crippen molar-refractivity contribution in [2.24, 2.45) is 0 Å². The van der Waals surface area contributed by atoms with Gasteiger partial charge in [0.05, 0.1) is 13.2 Å². The van der Waals surface area contributed by atoms with Crippen LogP contribution in [0.3, 0.4) is 0 Å². The van der Waals surface area contributed by atoms with Crippen molar-refractivity contribution in [1.82, 2.24) is 5.32 Å². The molecular formula is C12H16ClF2NO. The molecule has 1 N–H and O–H groups in total. The van der Waals surface area contributed by atoms with Crippen LogP contribution in [0, 0.1) is 0 Å². The first-order valence-corrected chi connectivity index (χ1v) is 5.38. The van der Waals surface area contributed by atoms with Gasteiger partial charge in [0.15, 0.2) is 0 Å². The molecule has 0 aromatic heterocycles. The molecule has 96 valence electrons. The third-order valence-corrected chi connectivity index (χ3v) is 2.88. The quantitative estimate of drug-likeness (QED) is 0.885. The Bertz CT molecular complexity index is 373. The van der Waals surface area contributed by atoms with Gasteiger partial charge >= 0.3 is 0 Å². The second-order valence-electron chi connectivity index (χ2n) is 4.03. The van der Waals surface area contributed by atoms with Gasteiger partial charge in [0.1, 0.15) is 5.75 Å². The molecule has 1 aromatic carbocycles. The topological polar surface area (TPSA) is 21.3 Å². The highest BCUT2D eigenvalue weighted by Crippen LogP contribution is 2.38. The molecule has 1 aromatic rings. The zero-order valence-corrected chi connectivity index (χ0v) is 10.4. The van der Waals surface area contributed by atoms with Crippen LogP contribution in [0.1, 0.15) is 24.4 Å². The summed E-state index contributed by atoms with van der Waals surface area (Å²) in [4.78, 5) is 0. The van der Waals surface area contributed by atoms with Crippen LogP contribution in [-0.4, -0.2) is 19.6 Å². The molecule has 0 saturated carbocycles. The van der Waals surface area contributed by atoms with Crippen LogP contribution in [0.4, 0.5) is 8.78 Å². The van der Waals surface area contributed by atoms with Crippen LogP contribution in [-0.2, 0) is 0 Å². The predicted molar refractivity (Wildman–Crippen MR) is 65.2 cm³/mol. The summed E-state index contributed by atoms with van der Waals surface area (Å²) < 4.78 is 32.4.